The van der Waals surface area contributed by atoms with Crippen LogP contribution in [0, 0.1) is 0 Å². The number of amides is 1. The minimum Gasteiger partial charge on any atom is -0.525 e. The quantitative estimate of drug-likeness (QED) is 0.593. The van der Waals surface area contributed by atoms with Gasteiger partial charge in [-0.05, 0) is 10.9 Å². The Morgan fingerprint density at radius 2 is 1.36 bits per heavy atom. The summed E-state index contributed by atoms with van der Waals surface area (Å²) < 4.78 is 5.79. The zero-order chi connectivity index (χ0) is 17.6. The van der Waals surface area contributed by atoms with Crippen LogP contribution in [0.4, 0.5) is 0 Å². The van der Waals surface area contributed by atoms with Crippen molar-refractivity contribution in [1.82, 2.24) is 10.6 Å². The molecule has 6 nitrogen and oxygen atoms in total. The van der Waals surface area contributed by atoms with E-state index in [0.717, 1.165) is 10.9 Å². The van der Waals surface area contributed by atoms with Gasteiger partial charge in [-0.1, -0.05) is 60.7 Å². The molecule has 1 amide bonds. The van der Waals surface area contributed by atoms with Crippen molar-refractivity contribution in [1.29, 1.82) is 0 Å². The standard InChI is InChI=1S/C18H20BN3O3/c20-17(23)15-16(22-12-11-21-15)18(24)25-19(13-7-3-1-4-8-13)14-9-5-2-6-10-14/h1-10,15-16,21-22H,11-12H2,(H2,20,23). The molecule has 0 aromatic heterocycles. The van der Waals surface area contributed by atoms with Crippen LogP contribution in [0.25, 0.3) is 0 Å². The van der Waals surface area contributed by atoms with Crippen LogP contribution >= 0.6 is 0 Å². The van der Waals surface area contributed by atoms with E-state index in [0.29, 0.717) is 13.1 Å². The van der Waals surface area contributed by atoms with Crippen molar-refractivity contribution in [3.63, 3.8) is 0 Å². The molecule has 1 aliphatic rings. The van der Waals surface area contributed by atoms with Crippen LogP contribution in [0.15, 0.2) is 60.7 Å². The first kappa shape index (κ1) is 17.2. The summed E-state index contributed by atoms with van der Waals surface area (Å²) in [6.45, 7) is 0.579. The Kier molecular flexibility index (Phi) is 5.48. The first-order chi connectivity index (χ1) is 12.2. The molecule has 1 saturated heterocycles. The van der Waals surface area contributed by atoms with Crippen LogP contribution in [0.3, 0.4) is 0 Å². The summed E-state index contributed by atoms with van der Waals surface area (Å²) in [5.74, 6) is -1.08. The lowest BCUT2D eigenvalue weighted by atomic mass is 9.55. The highest BCUT2D eigenvalue weighted by Gasteiger charge is 2.37. The van der Waals surface area contributed by atoms with Crippen molar-refractivity contribution in [3.8, 4) is 0 Å². The topological polar surface area (TPSA) is 93.5 Å². The molecule has 3 rings (SSSR count). The molecule has 1 fully saturated rings. The van der Waals surface area contributed by atoms with E-state index in [9.17, 15) is 9.59 Å². The van der Waals surface area contributed by atoms with Gasteiger partial charge in [-0.3, -0.25) is 9.59 Å². The number of primary amides is 1. The van der Waals surface area contributed by atoms with Gasteiger partial charge in [0.05, 0.1) is 0 Å². The highest BCUT2D eigenvalue weighted by atomic mass is 16.5. The molecule has 0 radical (unpaired) electrons. The molecule has 2 unspecified atom stereocenters. The minimum atomic E-state index is -0.804. The lowest BCUT2D eigenvalue weighted by Crippen LogP contribution is -2.65. The van der Waals surface area contributed by atoms with Crippen molar-refractivity contribution in [3.05, 3.63) is 60.7 Å². The monoisotopic (exact) mass is 337 g/mol. The van der Waals surface area contributed by atoms with E-state index >= 15 is 0 Å². The molecule has 0 spiro atoms. The predicted octanol–water partition coefficient (Wildman–Crippen LogP) is -1.25. The number of nitrogens with one attached hydrogen (secondary N) is 2. The number of benzene rings is 2. The number of carbonyl (C=O) groups excluding carboxylic acids is 2. The lowest BCUT2D eigenvalue weighted by Gasteiger charge is -2.31. The number of carbonyl (C=O) groups is 2. The summed E-state index contributed by atoms with van der Waals surface area (Å²) in [4.78, 5) is 24.3. The maximum absolute atomic E-state index is 12.7. The molecule has 25 heavy (non-hydrogen) atoms. The van der Waals surface area contributed by atoms with E-state index in [-0.39, 0.29) is 0 Å². The Labute approximate surface area is 146 Å². The smallest absolute Gasteiger partial charge is 0.429 e. The summed E-state index contributed by atoms with van der Waals surface area (Å²) in [5, 5.41) is 5.99. The fourth-order valence-corrected chi connectivity index (χ4v) is 2.95. The van der Waals surface area contributed by atoms with Crippen molar-refractivity contribution in [2.24, 2.45) is 5.73 Å². The van der Waals surface area contributed by atoms with E-state index in [1.54, 1.807) is 0 Å². The van der Waals surface area contributed by atoms with E-state index in [2.05, 4.69) is 10.6 Å². The SMILES string of the molecule is NC(=O)C1NCCNC1C(=O)OB(c1ccccc1)c1ccccc1. The summed E-state index contributed by atoms with van der Waals surface area (Å²) in [7, 11) is 0. The van der Waals surface area contributed by atoms with E-state index in [1.807, 2.05) is 60.7 Å². The zero-order valence-corrected chi connectivity index (χ0v) is 13.7. The van der Waals surface area contributed by atoms with Gasteiger partial charge in [-0.2, -0.15) is 0 Å². The van der Waals surface area contributed by atoms with Crippen LogP contribution < -0.4 is 27.3 Å². The van der Waals surface area contributed by atoms with Crippen LogP contribution in [0.2, 0.25) is 0 Å². The predicted molar refractivity (Wildman–Crippen MR) is 96.8 cm³/mol. The van der Waals surface area contributed by atoms with E-state index < -0.39 is 30.9 Å². The van der Waals surface area contributed by atoms with Gasteiger partial charge in [0.1, 0.15) is 12.1 Å². The molecule has 1 aliphatic heterocycles. The summed E-state index contributed by atoms with van der Waals surface area (Å²) in [6, 6.07) is 17.4. The molecule has 128 valence electrons. The van der Waals surface area contributed by atoms with Gasteiger partial charge in [0, 0.05) is 13.1 Å². The average molecular weight is 337 g/mol. The van der Waals surface area contributed by atoms with Crippen molar-refractivity contribution >= 4 is 29.7 Å². The molecule has 1 heterocycles. The molecule has 2 aromatic carbocycles. The molecular formula is C18H20BN3O3. The summed E-state index contributed by atoms with van der Waals surface area (Å²) in [6.07, 6.45) is 0. The maximum atomic E-state index is 12.7. The fourth-order valence-electron chi connectivity index (χ4n) is 2.95. The van der Waals surface area contributed by atoms with Gasteiger partial charge >= 0.3 is 12.9 Å². The second kappa shape index (κ2) is 7.96. The summed E-state index contributed by atoms with van der Waals surface area (Å²) in [5.41, 5.74) is 7.12. The maximum Gasteiger partial charge on any atom is 0.429 e. The average Bonchev–Trinajstić information content (AvgIpc) is 2.67. The van der Waals surface area contributed by atoms with E-state index in [1.165, 1.54) is 0 Å². The Bertz CT molecular complexity index is 687. The van der Waals surface area contributed by atoms with Gasteiger partial charge in [0.25, 0.3) is 0 Å². The lowest BCUT2D eigenvalue weighted by molar-refractivity contribution is -0.140. The number of rotatable bonds is 5. The van der Waals surface area contributed by atoms with E-state index in [4.69, 9.17) is 10.4 Å². The molecule has 0 aliphatic carbocycles. The number of hydrogen-bond acceptors (Lipinski definition) is 5. The molecule has 4 N–H and O–H groups in total. The highest BCUT2D eigenvalue weighted by molar-refractivity contribution is 6.81. The van der Waals surface area contributed by atoms with Crippen LogP contribution in [-0.4, -0.2) is 44.0 Å². The molecule has 2 aromatic rings. The molecule has 0 bridgehead atoms. The largest absolute Gasteiger partial charge is 0.525 e. The van der Waals surface area contributed by atoms with Crippen LogP contribution in [-0.2, 0) is 14.2 Å². The summed E-state index contributed by atoms with van der Waals surface area (Å²) >= 11 is 0. The van der Waals surface area contributed by atoms with Crippen molar-refractivity contribution in [2.45, 2.75) is 12.1 Å². The Morgan fingerprint density at radius 3 is 1.84 bits per heavy atom. The first-order valence-electron chi connectivity index (χ1n) is 8.23. The fraction of sp³-hybridized carbons (Fsp3) is 0.222. The van der Waals surface area contributed by atoms with Crippen LogP contribution in [0.1, 0.15) is 0 Å². The third kappa shape index (κ3) is 4.07. The highest BCUT2D eigenvalue weighted by Crippen LogP contribution is 2.04. The molecule has 7 heteroatoms. The van der Waals surface area contributed by atoms with Gasteiger partial charge < -0.3 is 21.0 Å². The Morgan fingerprint density at radius 1 is 0.880 bits per heavy atom. The third-order valence-electron chi connectivity index (χ3n) is 4.19. The second-order valence-electron chi connectivity index (χ2n) is 5.90. The second-order valence-corrected chi connectivity index (χ2v) is 5.90. The van der Waals surface area contributed by atoms with Gasteiger partial charge in [0.15, 0.2) is 0 Å². The van der Waals surface area contributed by atoms with Gasteiger partial charge in [-0.25, -0.2) is 0 Å². The van der Waals surface area contributed by atoms with Gasteiger partial charge in [0.2, 0.25) is 5.91 Å². The van der Waals surface area contributed by atoms with Crippen molar-refractivity contribution in [2.75, 3.05) is 13.1 Å². The normalized spacial score (nSPS) is 19.8. The number of piperazine rings is 1. The number of nitrogens with two attached hydrogens (primary N) is 1. The molecule has 0 saturated carbocycles. The zero-order valence-electron chi connectivity index (χ0n) is 13.7. The third-order valence-corrected chi connectivity index (χ3v) is 4.19. The Hall–Kier alpha value is -2.64. The number of hydrogen-bond donors (Lipinski definition) is 3. The van der Waals surface area contributed by atoms with Gasteiger partial charge in [-0.15, -0.1) is 0 Å². The Balaban J connectivity index is 1.85. The first-order valence-corrected chi connectivity index (χ1v) is 8.23. The van der Waals surface area contributed by atoms with Crippen molar-refractivity contribution < 1.29 is 14.2 Å². The van der Waals surface area contributed by atoms with Crippen LogP contribution in [0.5, 0.6) is 0 Å². The minimum absolute atomic E-state index is 0.506. The molecular weight excluding hydrogens is 317 g/mol. The molecule has 2 atom stereocenters.